The van der Waals surface area contributed by atoms with Gasteiger partial charge in [0.25, 0.3) is 5.91 Å². The van der Waals surface area contributed by atoms with Gasteiger partial charge in [0, 0.05) is 35.6 Å². The smallest absolute Gasteiger partial charge is 0.322 e. The quantitative estimate of drug-likeness (QED) is 0.587. The lowest BCUT2D eigenvalue weighted by atomic mass is 10.1. The van der Waals surface area contributed by atoms with Crippen molar-refractivity contribution in [2.45, 2.75) is 19.9 Å². The van der Waals surface area contributed by atoms with Crippen molar-refractivity contribution in [3.63, 3.8) is 0 Å². The Morgan fingerprint density at radius 2 is 1.78 bits per heavy atom. The molecule has 0 aromatic heterocycles. The van der Waals surface area contributed by atoms with Crippen molar-refractivity contribution in [3.8, 4) is 0 Å². The van der Waals surface area contributed by atoms with Crippen molar-refractivity contribution in [1.82, 2.24) is 4.90 Å². The normalized spacial score (nSPS) is 13.9. The van der Waals surface area contributed by atoms with E-state index in [1.54, 1.807) is 35.2 Å². The van der Waals surface area contributed by atoms with Gasteiger partial charge in [-0.2, -0.15) is 0 Å². The Balaban J connectivity index is 1.44. The zero-order valence-electron chi connectivity index (χ0n) is 17.6. The Morgan fingerprint density at radius 3 is 2.53 bits per heavy atom. The lowest BCUT2D eigenvalue weighted by molar-refractivity contribution is 0.102. The summed E-state index contributed by atoms with van der Waals surface area (Å²) < 4.78 is 27.5. The average Bonchev–Trinajstić information content (AvgIpc) is 2.78. The van der Waals surface area contributed by atoms with Crippen LogP contribution in [-0.2, 0) is 6.54 Å². The van der Waals surface area contributed by atoms with Crippen LogP contribution in [0.3, 0.4) is 0 Å². The zero-order valence-corrected chi connectivity index (χ0v) is 17.6. The summed E-state index contributed by atoms with van der Waals surface area (Å²) in [5, 5.41) is 2.85. The number of amides is 3. The largest absolute Gasteiger partial charge is 0.324 e. The predicted octanol–water partition coefficient (Wildman–Crippen LogP) is 5.36. The van der Waals surface area contributed by atoms with E-state index in [4.69, 9.17) is 0 Å². The molecule has 0 aliphatic carbocycles. The Morgan fingerprint density at radius 1 is 1.00 bits per heavy atom. The Kier molecular flexibility index (Phi) is 6.16. The van der Waals surface area contributed by atoms with Crippen LogP contribution in [0.25, 0.3) is 0 Å². The molecule has 3 amide bonds. The molecule has 0 bridgehead atoms. The maximum Gasteiger partial charge on any atom is 0.324 e. The number of carbonyl (C=O) groups excluding carboxylic acids is 2. The predicted molar refractivity (Wildman–Crippen MR) is 120 cm³/mol. The van der Waals surface area contributed by atoms with E-state index < -0.39 is 11.6 Å². The summed E-state index contributed by atoms with van der Waals surface area (Å²) in [6.07, 6.45) is 0.703. The molecule has 0 saturated carbocycles. The fraction of sp³-hybridized carbons (Fsp3) is 0.200. The van der Waals surface area contributed by atoms with Crippen molar-refractivity contribution in [2.24, 2.45) is 0 Å². The van der Waals surface area contributed by atoms with Crippen LogP contribution in [0.5, 0.6) is 0 Å². The van der Waals surface area contributed by atoms with Gasteiger partial charge in [0.2, 0.25) is 0 Å². The molecule has 5 nitrogen and oxygen atoms in total. The molecule has 3 aromatic rings. The van der Waals surface area contributed by atoms with Crippen LogP contribution >= 0.6 is 0 Å². The maximum atomic E-state index is 14.0. The van der Waals surface area contributed by atoms with Crippen LogP contribution in [0.1, 0.15) is 27.9 Å². The highest BCUT2D eigenvalue weighted by Gasteiger charge is 2.27. The minimum absolute atomic E-state index is 0.00353. The van der Waals surface area contributed by atoms with Gasteiger partial charge in [-0.15, -0.1) is 0 Å². The summed E-state index contributed by atoms with van der Waals surface area (Å²) in [6, 6.07) is 17.3. The molecule has 32 heavy (non-hydrogen) atoms. The molecular formula is C25H23F2N3O2. The summed E-state index contributed by atoms with van der Waals surface area (Å²) >= 11 is 0. The second-order valence-electron chi connectivity index (χ2n) is 7.82. The van der Waals surface area contributed by atoms with Crippen molar-refractivity contribution in [1.29, 1.82) is 0 Å². The van der Waals surface area contributed by atoms with Crippen molar-refractivity contribution >= 4 is 23.3 Å². The molecule has 1 aliphatic rings. The van der Waals surface area contributed by atoms with Gasteiger partial charge in [-0.25, -0.2) is 13.6 Å². The first-order valence-electron chi connectivity index (χ1n) is 10.4. The third-order valence-corrected chi connectivity index (χ3v) is 5.40. The number of halogens is 2. The number of aryl methyl sites for hydroxylation is 1. The molecule has 7 heteroatoms. The molecule has 1 aliphatic heterocycles. The number of hydrogen-bond donors (Lipinski definition) is 1. The summed E-state index contributed by atoms with van der Waals surface area (Å²) in [7, 11) is 0. The van der Waals surface area contributed by atoms with Gasteiger partial charge in [-0.3, -0.25) is 9.69 Å². The van der Waals surface area contributed by atoms with E-state index in [9.17, 15) is 18.4 Å². The summed E-state index contributed by atoms with van der Waals surface area (Å²) in [5.74, 6) is -1.28. The number of carbonyl (C=O) groups is 2. The van der Waals surface area contributed by atoms with Crippen molar-refractivity contribution in [3.05, 3.63) is 95.1 Å². The van der Waals surface area contributed by atoms with Crippen molar-refractivity contribution < 1.29 is 18.4 Å². The second-order valence-corrected chi connectivity index (χ2v) is 7.82. The Labute approximate surface area is 185 Å². The topological polar surface area (TPSA) is 52.7 Å². The first-order chi connectivity index (χ1) is 15.4. The first-order valence-corrected chi connectivity index (χ1v) is 10.4. The van der Waals surface area contributed by atoms with Crippen LogP contribution < -0.4 is 10.2 Å². The van der Waals surface area contributed by atoms with Gasteiger partial charge in [-0.05, 0) is 67.9 Å². The standard InChI is InChI=1S/C25H23F2N3O2/c1-17-4-2-5-18(14-17)24(31)28-21-7-9-22(10-8-21)30-13-3-12-29(25(30)32)16-19-15-20(26)6-11-23(19)27/h2,4-11,14-15H,3,12-13,16H2,1H3,(H,28,31). The van der Waals surface area contributed by atoms with Crippen LogP contribution in [0.2, 0.25) is 0 Å². The lowest BCUT2D eigenvalue weighted by Crippen LogP contribution is -2.49. The summed E-state index contributed by atoms with van der Waals surface area (Å²) in [5.41, 5.74) is 3.01. The molecule has 1 fully saturated rings. The molecule has 4 rings (SSSR count). The zero-order chi connectivity index (χ0) is 22.7. The molecule has 0 atom stereocenters. The van der Waals surface area contributed by atoms with Gasteiger partial charge in [0.05, 0.1) is 6.54 Å². The Bertz CT molecular complexity index is 1150. The van der Waals surface area contributed by atoms with E-state index in [2.05, 4.69) is 5.32 Å². The number of benzene rings is 3. The summed E-state index contributed by atoms with van der Waals surface area (Å²) in [4.78, 5) is 28.5. The lowest BCUT2D eigenvalue weighted by Gasteiger charge is -2.35. The van der Waals surface area contributed by atoms with Gasteiger partial charge >= 0.3 is 6.03 Å². The molecule has 0 unspecified atom stereocenters. The molecule has 0 spiro atoms. The molecule has 3 aromatic carbocycles. The van der Waals surface area contributed by atoms with E-state index in [0.717, 1.165) is 23.8 Å². The monoisotopic (exact) mass is 435 g/mol. The van der Waals surface area contributed by atoms with E-state index in [1.807, 2.05) is 25.1 Å². The van der Waals surface area contributed by atoms with Gasteiger partial charge in [0.15, 0.2) is 0 Å². The maximum absolute atomic E-state index is 14.0. The highest BCUT2D eigenvalue weighted by atomic mass is 19.1. The highest BCUT2D eigenvalue weighted by molar-refractivity contribution is 6.04. The van der Waals surface area contributed by atoms with E-state index in [0.29, 0.717) is 36.4 Å². The molecule has 1 N–H and O–H groups in total. The molecule has 0 radical (unpaired) electrons. The van der Waals surface area contributed by atoms with E-state index >= 15 is 0 Å². The first kappa shape index (κ1) is 21.5. The minimum Gasteiger partial charge on any atom is -0.322 e. The number of nitrogens with one attached hydrogen (secondary N) is 1. The van der Waals surface area contributed by atoms with Gasteiger partial charge < -0.3 is 10.2 Å². The van der Waals surface area contributed by atoms with Crippen LogP contribution in [-0.4, -0.2) is 29.9 Å². The number of urea groups is 1. The number of rotatable bonds is 5. The highest BCUT2D eigenvalue weighted by Crippen LogP contribution is 2.24. The van der Waals surface area contributed by atoms with Crippen molar-refractivity contribution in [2.75, 3.05) is 23.3 Å². The van der Waals surface area contributed by atoms with E-state index in [1.165, 1.54) is 4.90 Å². The SMILES string of the molecule is Cc1cccc(C(=O)Nc2ccc(N3CCCN(Cc4cc(F)ccc4F)C3=O)cc2)c1. The minimum atomic E-state index is -0.537. The molecule has 1 heterocycles. The number of nitrogens with zero attached hydrogens (tertiary/aromatic N) is 2. The molecule has 164 valence electrons. The fourth-order valence-corrected chi connectivity index (χ4v) is 3.75. The third kappa shape index (κ3) is 4.77. The Hall–Kier alpha value is -3.74. The third-order valence-electron chi connectivity index (χ3n) is 5.40. The number of anilines is 2. The van der Waals surface area contributed by atoms with Crippen LogP contribution in [0, 0.1) is 18.6 Å². The van der Waals surface area contributed by atoms with Gasteiger partial charge in [0.1, 0.15) is 11.6 Å². The van der Waals surface area contributed by atoms with Crippen LogP contribution in [0.15, 0.2) is 66.7 Å². The molecule has 1 saturated heterocycles. The van der Waals surface area contributed by atoms with Gasteiger partial charge in [-0.1, -0.05) is 17.7 Å². The number of hydrogen-bond acceptors (Lipinski definition) is 2. The molecular weight excluding hydrogens is 412 g/mol. The fourth-order valence-electron chi connectivity index (χ4n) is 3.75. The average molecular weight is 435 g/mol. The van der Waals surface area contributed by atoms with E-state index in [-0.39, 0.29) is 24.0 Å². The summed E-state index contributed by atoms with van der Waals surface area (Å²) in [6.45, 7) is 2.92. The second kappa shape index (κ2) is 9.18. The van der Waals surface area contributed by atoms with Crippen LogP contribution in [0.4, 0.5) is 25.0 Å².